The van der Waals surface area contributed by atoms with Crippen molar-refractivity contribution < 1.29 is 9.53 Å². The van der Waals surface area contributed by atoms with Crippen molar-refractivity contribution in [1.29, 1.82) is 0 Å². The highest BCUT2D eigenvalue weighted by atomic mass is 79.9. The van der Waals surface area contributed by atoms with Crippen LogP contribution in [0, 0.1) is 0 Å². The van der Waals surface area contributed by atoms with Crippen LogP contribution in [0.1, 0.15) is 10.5 Å². The maximum Gasteiger partial charge on any atom is 0.272 e. The number of ether oxygens (including phenoxy) is 1. The van der Waals surface area contributed by atoms with Gasteiger partial charge in [-0.05, 0) is 28.1 Å². The maximum atomic E-state index is 12.4. The van der Waals surface area contributed by atoms with Gasteiger partial charge >= 0.3 is 0 Å². The molecule has 0 atom stereocenters. The number of carbonyl (C=O) groups excluding carboxylic acids is 1. The quantitative estimate of drug-likeness (QED) is 0.803. The second-order valence-corrected chi connectivity index (χ2v) is 5.04. The van der Waals surface area contributed by atoms with Crippen molar-refractivity contribution in [3.05, 3.63) is 34.7 Å². The fraction of sp³-hybridized carbons (Fsp3) is 0.333. The monoisotopic (exact) mass is 309 g/mol. The van der Waals surface area contributed by atoms with Crippen LogP contribution in [-0.4, -0.2) is 46.5 Å². The minimum absolute atomic E-state index is 0.00361. The van der Waals surface area contributed by atoms with Crippen LogP contribution in [0.25, 0.3) is 5.65 Å². The van der Waals surface area contributed by atoms with Crippen molar-refractivity contribution in [2.24, 2.45) is 0 Å². The lowest BCUT2D eigenvalue weighted by molar-refractivity contribution is 0.0298. The minimum Gasteiger partial charge on any atom is -0.378 e. The van der Waals surface area contributed by atoms with E-state index in [4.69, 9.17) is 4.74 Å². The fourth-order valence-corrected chi connectivity index (χ4v) is 2.38. The number of hydrogen-bond acceptors (Lipinski definition) is 3. The van der Waals surface area contributed by atoms with Gasteiger partial charge in [-0.2, -0.15) is 0 Å². The standard InChI is InChI=1S/C12H12BrN3O2/c13-9-1-2-11-14-7-10(16(11)8-9)12(17)15-3-5-18-6-4-15/h1-2,7-8H,3-6H2. The van der Waals surface area contributed by atoms with Gasteiger partial charge in [0.15, 0.2) is 0 Å². The molecule has 3 rings (SSSR count). The Labute approximate surface area is 112 Å². The zero-order chi connectivity index (χ0) is 12.5. The summed E-state index contributed by atoms with van der Waals surface area (Å²) in [7, 11) is 0. The number of pyridine rings is 1. The highest BCUT2D eigenvalue weighted by Crippen LogP contribution is 2.15. The summed E-state index contributed by atoms with van der Waals surface area (Å²) in [6.45, 7) is 2.48. The summed E-state index contributed by atoms with van der Waals surface area (Å²) in [6, 6.07) is 3.78. The molecule has 0 bridgehead atoms. The first-order valence-corrected chi connectivity index (χ1v) is 6.54. The molecule has 2 aromatic heterocycles. The minimum atomic E-state index is 0.00361. The first-order valence-electron chi connectivity index (χ1n) is 5.75. The van der Waals surface area contributed by atoms with E-state index in [1.807, 2.05) is 22.7 Å². The molecule has 6 heteroatoms. The molecular formula is C12H12BrN3O2. The van der Waals surface area contributed by atoms with Gasteiger partial charge in [0.2, 0.25) is 0 Å². The van der Waals surface area contributed by atoms with E-state index in [1.54, 1.807) is 11.1 Å². The van der Waals surface area contributed by atoms with Crippen LogP contribution in [0.4, 0.5) is 0 Å². The predicted octanol–water partition coefficient (Wildman–Crippen LogP) is 1.57. The van der Waals surface area contributed by atoms with Gasteiger partial charge in [0, 0.05) is 23.8 Å². The second-order valence-electron chi connectivity index (χ2n) is 4.12. The molecule has 94 valence electrons. The largest absolute Gasteiger partial charge is 0.378 e. The Morgan fingerprint density at radius 2 is 2.11 bits per heavy atom. The van der Waals surface area contributed by atoms with E-state index < -0.39 is 0 Å². The van der Waals surface area contributed by atoms with E-state index >= 15 is 0 Å². The average Bonchev–Trinajstić information content (AvgIpc) is 2.82. The third-order valence-electron chi connectivity index (χ3n) is 2.99. The zero-order valence-corrected chi connectivity index (χ0v) is 11.3. The molecular weight excluding hydrogens is 298 g/mol. The fourth-order valence-electron chi connectivity index (χ4n) is 2.04. The van der Waals surface area contributed by atoms with Crippen LogP contribution in [0.5, 0.6) is 0 Å². The molecule has 0 unspecified atom stereocenters. The number of fused-ring (bicyclic) bond motifs is 1. The summed E-state index contributed by atoms with van der Waals surface area (Å²) < 4.78 is 7.98. The highest BCUT2D eigenvalue weighted by Gasteiger charge is 2.21. The number of halogens is 1. The molecule has 2 aromatic rings. The zero-order valence-electron chi connectivity index (χ0n) is 9.67. The van der Waals surface area contributed by atoms with E-state index in [-0.39, 0.29) is 5.91 Å². The Balaban J connectivity index is 1.98. The highest BCUT2D eigenvalue weighted by molar-refractivity contribution is 9.10. The van der Waals surface area contributed by atoms with Gasteiger partial charge in [-0.15, -0.1) is 0 Å². The lowest BCUT2D eigenvalue weighted by Crippen LogP contribution is -2.41. The van der Waals surface area contributed by atoms with Crippen LogP contribution < -0.4 is 0 Å². The van der Waals surface area contributed by atoms with Crippen LogP contribution in [0.15, 0.2) is 29.0 Å². The Morgan fingerprint density at radius 1 is 1.33 bits per heavy atom. The van der Waals surface area contributed by atoms with Crippen molar-refractivity contribution >= 4 is 27.5 Å². The number of morpholine rings is 1. The molecule has 0 aromatic carbocycles. The second kappa shape index (κ2) is 4.70. The SMILES string of the molecule is O=C(c1cnc2ccc(Br)cn12)N1CCOCC1. The van der Waals surface area contributed by atoms with Gasteiger partial charge < -0.3 is 9.64 Å². The predicted molar refractivity (Wildman–Crippen MR) is 69.6 cm³/mol. The Hall–Kier alpha value is -1.40. The summed E-state index contributed by atoms with van der Waals surface area (Å²) in [6.07, 6.45) is 3.48. The molecule has 1 aliphatic heterocycles. The summed E-state index contributed by atoms with van der Waals surface area (Å²) in [5, 5.41) is 0. The lowest BCUT2D eigenvalue weighted by atomic mass is 10.3. The number of amides is 1. The molecule has 0 N–H and O–H groups in total. The number of aromatic nitrogens is 2. The van der Waals surface area contributed by atoms with E-state index in [9.17, 15) is 4.79 Å². The number of nitrogens with zero attached hydrogens (tertiary/aromatic N) is 3. The smallest absolute Gasteiger partial charge is 0.272 e. The third kappa shape index (κ3) is 2.02. The molecule has 1 aliphatic rings. The topological polar surface area (TPSA) is 46.8 Å². The maximum absolute atomic E-state index is 12.4. The molecule has 1 amide bonds. The van der Waals surface area contributed by atoms with Crippen molar-refractivity contribution in [2.75, 3.05) is 26.3 Å². The van der Waals surface area contributed by atoms with Crippen LogP contribution >= 0.6 is 15.9 Å². The molecule has 0 saturated carbocycles. The van der Waals surface area contributed by atoms with Crippen molar-refractivity contribution in [2.45, 2.75) is 0 Å². The van der Waals surface area contributed by atoms with Crippen LogP contribution in [-0.2, 0) is 4.74 Å². The summed E-state index contributed by atoms with van der Waals surface area (Å²) in [5.74, 6) is 0.00361. The summed E-state index contributed by atoms with van der Waals surface area (Å²) >= 11 is 3.40. The van der Waals surface area contributed by atoms with Gasteiger partial charge in [-0.3, -0.25) is 9.20 Å². The molecule has 0 spiro atoms. The third-order valence-corrected chi connectivity index (χ3v) is 3.46. The number of carbonyl (C=O) groups is 1. The van der Waals surface area contributed by atoms with E-state index in [0.29, 0.717) is 32.0 Å². The molecule has 1 fully saturated rings. The van der Waals surface area contributed by atoms with Crippen LogP contribution in [0.2, 0.25) is 0 Å². The normalized spacial score (nSPS) is 16.2. The number of rotatable bonds is 1. The van der Waals surface area contributed by atoms with Gasteiger partial charge in [0.1, 0.15) is 11.3 Å². The Kier molecular flexibility index (Phi) is 3.05. The van der Waals surface area contributed by atoms with E-state index in [0.717, 1.165) is 10.1 Å². The van der Waals surface area contributed by atoms with Crippen molar-refractivity contribution in [3.8, 4) is 0 Å². The van der Waals surface area contributed by atoms with E-state index in [1.165, 1.54) is 0 Å². The molecule has 18 heavy (non-hydrogen) atoms. The van der Waals surface area contributed by atoms with Crippen LogP contribution in [0.3, 0.4) is 0 Å². The molecule has 0 radical (unpaired) electrons. The molecule has 1 saturated heterocycles. The van der Waals surface area contributed by atoms with Crippen molar-refractivity contribution in [1.82, 2.24) is 14.3 Å². The molecule has 3 heterocycles. The number of imidazole rings is 1. The summed E-state index contributed by atoms with van der Waals surface area (Å²) in [5.41, 5.74) is 1.36. The van der Waals surface area contributed by atoms with Gasteiger partial charge in [-0.25, -0.2) is 4.98 Å². The first-order chi connectivity index (χ1) is 8.75. The van der Waals surface area contributed by atoms with Gasteiger partial charge in [0.25, 0.3) is 5.91 Å². The van der Waals surface area contributed by atoms with Gasteiger partial charge in [-0.1, -0.05) is 0 Å². The number of hydrogen-bond donors (Lipinski definition) is 0. The summed E-state index contributed by atoms with van der Waals surface area (Å²) in [4.78, 5) is 18.4. The first kappa shape index (κ1) is 11.7. The molecule has 0 aliphatic carbocycles. The average molecular weight is 310 g/mol. The van der Waals surface area contributed by atoms with Gasteiger partial charge in [0.05, 0.1) is 19.4 Å². The Bertz CT molecular complexity index is 590. The molecule has 5 nitrogen and oxygen atoms in total. The Morgan fingerprint density at radius 3 is 2.89 bits per heavy atom. The van der Waals surface area contributed by atoms with Crippen molar-refractivity contribution in [3.63, 3.8) is 0 Å². The van der Waals surface area contributed by atoms with E-state index in [2.05, 4.69) is 20.9 Å². The lowest BCUT2D eigenvalue weighted by Gasteiger charge is -2.26.